The van der Waals surface area contributed by atoms with Crippen molar-refractivity contribution in [1.82, 2.24) is 4.57 Å². The van der Waals surface area contributed by atoms with Gasteiger partial charge in [-0.3, -0.25) is 9.56 Å². The van der Waals surface area contributed by atoms with Crippen LogP contribution in [0.15, 0.2) is 47.5 Å². The van der Waals surface area contributed by atoms with Crippen LogP contribution in [0.2, 0.25) is 0 Å². The third-order valence-corrected chi connectivity index (χ3v) is 5.57. The van der Waals surface area contributed by atoms with Crippen molar-refractivity contribution >= 4 is 47.1 Å². The summed E-state index contributed by atoms with van der Waals surface area (Å²) in [5.74, 6) is 0.175. The molecule has 0 bridgehead atoms. The SMILES string of the molecule is Cc1ccc(C)c(-n2c(O)c(/C=C3/C=Nc4ccccc43)sc2=S)c1. The van der Waals surface area contributed by atoms with Crippen molar-refractivity contribution < 1.29 is 5.11 Å². The normalized spacial score (nSPS) is 14.2. The van der Waals surface area contributed by atoms with Gasteiger partial charge in [-0.2, -0.15) is 0 Å². The molecule has 1 aliphatic rings. The summed E-state index contributed by atoms with van der Waals surface area (Å²) in [5.41, 5.74) is 6.12. The monoisotopic (exact) mass is 364 g/mol. The quantitative estimate of drug-likeness (QED) is 0.579. The molecule has 3 aromatic rings. The lowest BCUT2D eigenvalue weighted by Crippen LogP contribution is -1.97. The minimum Gasteiger partial charge on any atom is -0.493 e. The van der Waals surface area contributed by atoms with Gasteiger partial charge < -0.3 is 5.11 Å². The van der Waals surface area contributed by atoms with Crippen molar-refractivity contribution in [3.8, 4) is 11.6 Å². The van der Waals surface area contributed by atoms with Gasteiger partial charge in [0.05, 0.1) is 16.3 Å². The van der Waals surface area contributed by atoms with E-state index < -0.39 is 0 Å². The highest BCUT2D eigenvalue weighted by Crippen LogP contribution is 2.37. The highest BCUT2D eigenvalue weighted by Gasteiger charge is 2.17. The zero-order chi connectivity index (χ0) is 17.6. The smallest absolute Gasteiger partial charge is 0.215 e. The number of allylic oxidation sites excluding steroid dienone is 1. The van der Waals surface area contributed by atoms with Crippen LogP contribution in [0, 0.1) is 17.8 Å². The standard InChI is InChI=1S/C20H16N2OS2/c1-12-7-8-13(2)17(9-12)22-19(23)18(25-20(22)24)10-14-11-21-16-6-4-3-5-15(14)16/h3-11,23H,1-2H3/b14-10-. The highest BCUT2D eigenvalue weighted by atomic mass is 32.1. The van der Waals surface area contributed by atoms with E-state index in [1.54, 1.807) is 4.57 Å². The van der Waals surface area contributed by atoms with E-state index in [2.05, 4.69) is 11.1 Å². The van der Waals surface area contributed by atoms with E-state index in [-0.39, 0.29) is 5.88 Å². The van der Waals surface area contributed by atoms with Crippen LogP contribution < -0.4 is 0 Å². The van der Waals surface area contributed by atoms with Gasteiger partial charge >= 0.3 is 0 Å². The minimum atomic E-state index is 0.175. The number of rotatable bonds is 2. The number of hydrogen-bond donors (Lipinski definition) is 1. The Bertz CT molecular complexity index is 1100. The molecule has 0 spiro atoms. The lowest BCUT2D eigenvalue weighted by molar-refractivity contribution is 0.441. The van der Waals surface area contributed by atoms with E-state index in [1.807, 2.05) is 62.5 Å². The molecule has 1 N–H and O–H groups in total. The van der Waals surface area contributed by atoms with Crippen LogP contribution in [0.5, 0.6) is 5.88 Å². The van der Waals surface area contributed by atoms with Gasteiger partial charge in [-0.15, -0.1) is 11.3 Å². The first-order chi connectivity index (χ1) is 12.0. The van der Waals surface area contributed by atoms with Gasteiger partial charge in [0.15, 0.2) is 3.95 Å². The van der Waals surface area contributed by atoms with Crippen molar-refractivity contribution in [3.05, 3.63) is 68.0 Å². The molecular formula is C20H16N2OS2. The Hall–Kier alpha value is -2.50. The van der Waals surface area contributed by atoms with Gasteiger partial charge in [0.1, 0.15) is 0 Å². The maximum atomic E-state index is 10.8. The molecule has 1 aromatic heterocycles. The molecule has 0 radical (unpaired) electrons. The van der Waals surface area contributed by atoms with Crippen molar-refractivity contribution in [2.45, 2.75) is 13.8 Å². The second-order valence-electron chi connectivity index (χ2n) is 6.06. The van der Waals surface area contributed by atoms with Gasteiger partial charge in [-0.25, -0.2) is 0 Å². The Kier molecular flexibility index (Phi) is 3.90. The number of aromatic hydroxyl groups is 1. The highest BCUT2D eigenvalue weighted by molar-refractivity contribution is 7.73. The van der Waals surface area contributed by atoms with Crippen LogP contribution in [0.1, 0.15) is 21.6 Å². The molecule has 2 aromatic carbocycles. The van der Waals surface area contributed by atoms with E-state index in [0.717, 1.165) is 38.5 Å². The fourth-order valence-corrected chi connectivity index (χ4v) is 4.23. The van der Waals surface area contributed by atoms with Crippen LogP contribution in [-0.2, 0) is 0 Å². The van der Waals surface area contributed by atoms with Crippen LogP contribution in [0.3, 0.4) is 0 Å². The van der Waals surface area contributed by atoms with E-state index in [0.29, 0.717) is 3.95 Å². The van der Waals surface area contributed by atoms with Crippen molar-refractivity contribution in [3.63, 3.8) is 0 Å². The fourth-order valence-electron chi connectivity index (χ4n) is 2.94. The number of benzene rings is 2. The molecule has 25 heavy (non-hydrogen) atoms. The van der Waals surface area contributed by atoms with Gasteiger partial charge in [-0.1, -0.05) is 30.3 Å². The molecule has 0 fully saturated rings. The molecular weight excluding hydrogens is 348 g/mol. The van der Waals surface area contributed by atoms with Crippen LogP contribution >= 0.6 is 23.6 Å². The van der Waals surface area contributed by atoms with Gasteiger partial charge in [0.25, 0.3) is 0 Å². The predicted molar refractivity (Wildman–Crippen MR) is 108 cm³/mol. The Labute approximate surface area is 155 Å². The Balaban J connectivity index is 1.85. The third-order valence-electron chi connectivity index (χ3n) is 4.26. The molecule has 0 atom stereocenters. The van der Waals surface area contributed by atoms with Crippen molar-refractivity contribution in [2.75, 3.05) is 0 Å². The summed E-state index contributed by atoms with van der Waals surface area (Å²) in [5, 5.41) is 10.8. The number of fused-ring (bicyclic) bond motifs is 1. The van der Waals surface area contributed by atoms with Crippen LogP contribution in [0.25, 0.3) is 17.3 Å². The average Bonchev–Trinajstić information content (AvgIpc) is 3.12. The van der Waals surface area contributed by atoms with E-state index >= 15 is 0 Å². The maximum absolute atomic E-state index is 10.8. The molecule has 2 heterocycles. The first kappa shape index (κ1) is 16.0. The number of para-hydroxylation sites is 1. The second-order valence-corrected chi connectivity index (χ2v) is 7.73. The lowest BCUT2D eigenvalue weighted by Gasteiger charge is -2.09. The Morgan fingerprint density at radius 2 is 1.96 bits per heavy atom. The summed E-state index contributed by atoms with van der Waals surface area (Å²) in [6, 6.07) is 14.1. The predicted octanol–water partition coefficient (Wildman–Crippen LogP) is 5.85. The summed E-state index contributed by atoms with van der Waals surface area (Å²) in [6.07, 6.45) is 3.78. The number of hydrogen-bond acceptors (Lipinski definition) is 4. The summed E-state index contributed by atoms with van der Waals surface area (Å²) in [6.45, 7) is 4.05. The molecule has 5 heteroatoms. The zero-order valence-corrected chi connectivity index (χ0v) is 15.5. The first-order valence-electron chi connectivity index (χ1n) is 7.92. The van der Waals surface area contributed by atoms with Crippen molar-refractivity contribution in [1.29, 1.82) is 0 Å². The molecule has 0 aliphatic carbocycles. The summed E-state index contributed by atoms with van der Waals surface area (Å²) in [7, 11) is 0. The van der Waals surface area contributed by atoms with Gasteiger partial charge in [0, 0.05) is 17.4 Å². The van der Waals surface area contributed by atoms with Crippen LogP contribution in [-0.4, -0.2) is 15.9 Å². The first-order valence-corrected chi connectivity index (χ1v) is 9.14. The molecule has 1 aliphatic heterocycles. The number of thiazole rings is 1. The number of nitrogens with zero attached hydrogens (tertiary/aromatic N) is 2. The number of aryl methyl sites for hydroxylation is 2. The van der Waals surface area contributed by atoms with E-state index in [1.165, 1.54) is 11.3 Å². The van der Waals surface area contributed by atoms with E-state index in [9.17, 15) is 5.11 Å². The van der Waals surface area contributed by atoms with Crippen molar-refractivity contribution in [2.24, 2.45) is 4.99 Å². The van der Waals surface area contributed by atoms with Gasteiger partial charge in [-0.05, 0) is 55.4 Å². The molecule has 0 unspecified atom stereocenters. The molecule has 0 saturated heterocycles. The average molecular weight is 364 g/mol. The maximum Gasteiger partial charge on any atom is 0.215 e. The molecule has 0 saturated carbocycles. The Morgan fingerprint density at radius 1 is 1.16 bits per heavy atom. The number of aromatic nitrogens is 1. The fraction of sp³-hybridized carbons (Fsp3) is 0.100. The second kappa shape index (κ2) is 6.10. The molecule has 4 rings (SSSR count). The zero-order valence-electron chi connectivity index (χ0n) is 13.9. The van der Waals surface area contributed by atoms with Crippen LogP contribution in [0.4, 0.5) is 5.69 Å². The Morgan fingerprint density at radius 3 is 2.80 bits per heavy atom. The minimum absolute atomic E-state index is 0.175. The van der Waals surface area contributed by atoms with E-state index in [4.69, 9.17) is 12.2 Å². The lowest BCUT2D eigenvalue weighted by atomic mass is 10.1. The summed E-state index contributed by atoms with van der Waals surface area (Å²) < 4.78 is 2.37. The molecule has 3 nitrogen and oxygen atoms in total. The van der Waals surface area contributed by atoms with Gasteiger partial charge in [0.2, 0.25) is 5.88 Å². The summed E-state index contributed by atoms with van der Waals surface area (Å²) in [4.78, 5) is 5.16. The topological polar surface area (TPSA) is 37.5 Å². The molecule has 0 amide bonds. The molecule has 124 valence electrons. The summed E-state index contributed by atoms with van der Waals surface area (Å²) >= 11 is 6.92. The largest absolute Gasteiger partial charge is 0.493 e. The third kappa shape index (κ3) is 2.75. The number of aliphatic imine (C=N–C) groups is 1.